The predicted molar refractivity (Wildman–Crippen MR) is 109 cm³/mol. The number of aromatic nitrogens is 4. The van der Waals surface area contributed by atoms with Gasteiger partial charge < -0.3 is 10.1 Å². The lowest BCUT2D eigenvalue weighted by atomic mass is 10.1. The van der Waals surface area contributed by atoms with Gasteiger partial charge in [0, 0.05) is 23.5 Å². The van der Waals surface area contributed by atoms with E-state index in [0.29, 0.717) is 14.9 Å². The standard InChI is InChI=1S/C16H11BrClN5OS2/c17-15-22-16(26-23-15)24-10-3-1-9(2-4-10)5-6-19-13-12-11(18)7-25-14(12)21-8-20-13/h1-4,7-8H,5-6H2,(H,19,20,21). The molecule has 0 atom stereocenters. The highest BCUT2D eigenvalue weighted by molar-refractivity contribution is 9.10. The van der Waals surface area contributed by atoms with Gasteiger partial charge in [0.2, 0.25) is 4.73 Å². The molecule has 3 heterocycles. The van der Waals surface area contributed by atoms with Crippen LogP contribution in [0, 0.1) is 0 Å². The molecule has 0 radical (unpaired) electrons. The van der Waals surface area contributed by atoms with Crippen molar-refractivity contribution in [3.05, 3.63) is 51.3 Å². The van der Waals surface area contributed by atoms with Gasteiger partial charge in [-0.25, -0.2) is 9.97 Å². The minimum atomic E-state index is 0.506. The van der Waals surface area contributed by atoms with Gasteiger partial charge in [-0.3, -0.25) is 0 Å². The van der Waals surface area contributed by atoms with Crippen LogP contribution in [0.25, 0.3) is 10.2 Å². The zero-order chi connectivity index (χ0) is 17.9. The first-order valence-electron chi connectivity index (χ1n) is 7.56. The number of halogens is 2. The van der Waals surface area contributed by atoms with Gasteiger partial charge in [0.1, 0.15) is 22.7 Å². The summed E-state index contributed by atoms with van der Waals surface area (Å²) in [6, 6.07) is 7.90. The lowest BCUT2D eigenvalue weighted by Crippen LogP contribution is -2.06. The molecule has 3 aromatic heterocycles. The van der Waals surface area contributed by atoms with Crippen molar-refractivity contribution in [1.29, 1.82) is 0 Å². The summed E-state index contributed by atoms with van der Waals surface area (Å²) in [5.41, 5.74) is 1.19. The molecular formula is C16H11BrClN5OS2. The van der Waals surface area contributed by atoms with Gasteiger partial charge in [0.15, 0.2) is 0 Å². The van der Waals surface area contributed by atoms with E-state index in [2.05, 4.69) is 40.6 Å². The van der Waals surface area contributed by atoms with Crippen molar-refractivity contribution < 1.29 is 4.74 Å². The second-order valence-corrected chi connectivity index (χ2v) is 7.93. The summed E-state index contributed by atoms with van der Waals surface area (Å²) in [4.78, 5) is 13.5. The summed E-state index contributed by atoms with van der Waals surface area (Å²) in [5, 5.41) is 7.28. The quantitative estimate of drug-likeness (QED) is 0.408. The molecule has 132 valence electrons. The number of rotatable bonds is 6. The maximum Gasteiger partial charge on any atom is 0.299 e. The molecule has 4 aromatic rings. The summed E-state index contributed by atoms with van der Waals surface area (Å²) in [6.07, 6.45) is 2.40. The molecule has 0 bridgehead atoms. The molecule has 1 N–H and O–H groups in total. The maximum atomic E-state index is 6.22. The van der Waals surface area contributed by atoms with Crippen molar-refractivity contribution in [2.75, 3.05) is 11.9 Å². The van der Waals surface area contributed by atoms with Crippen LogP contribution < -0.4 is 10.1 Å². The van der Waals surface area contributed by atoms with E-state index in [-0.39, 0.29) is 0 Å². The number of nitrogens with zero attached hydrogens (tertiary/aromatic N) is 4. The van der Waals surface area contributed by atoms with Gasteiger partial charge in [-0.15, -0.1) is 11.3 Å². The molecule has 0 saturated carbocycles. The van der Waals surface area contributed by atoms with Crippen LogP contribution in [-0.2, 0) is 6.42 Å². The number of anilines is 1. The van der Waals surface area contributed by atoms with E-state index in [0.717, 1.165) is 34.7 Å². The maximum absolute atomic E-state index is 6.22. The molecule has 6 nitrogen and oxygen atoms in total. The Balaban J connectivity index is 1.36. The number of hydrogen-bond donors (Lipinski definition) is 1. The van der Waals surface area contributed by atoms with Crippen LogP contribution >= 0.6 is 50.4 Å². The van der Waals surface area contributed by atoms with Crippen LogP contribution in [0.2, 0.25) is 5.02 Å². The molecule has 0 aliphatic rings. The smallest absolute Gasteiger partial charge is 0.299 e. The minimum Gasteiger partial charge on any atom is -0.430 e. The first kappa shape index (κ1) is 17.6. The lowest BCUT2D eigenvalue weighted by Gasteiger charge is -2.07. The van der Waals surface area contributed by atoms with Crippen LogP contribution in [-0.4, -0.2) is 25.9 Å². The molecule has 0 spiro atoms. The fraction of sp³-hybridized carbons (Fsp3) is 0.125. The minimum absolute atomic E-state index is 0.506. The number of thiophene rings is 1. The average molecular weight is 469 g/mol. The molecule has 10 heteroatoms. The zero-order valence-electron chi connectivity index (χ0n) is 13.1. The Bertz CT molecular complexity index is 1040. The van der Waals surface area contributed by atoms with Crippen LogP contribution in [0.1, 0.15) is 5.56 Å². The first-order valence-corrected chi connectivity index (χ1v) is 10.4. The van der Waals surface area contributed by atoms with Crippen LogP contribution in [0.4, 0.5) is 5.82 Å². The van der Waals surface area contributed by atoms with Gasteiger partial charge in [-0.05, 0) is 40.0 Å². The van der Waals surface area contributed by atoms with Crippen molar-refractivity contribution in [2.45, 2.75) is 6.42 Å². The number of benzene rings is 1. The van der Waals surface area contributed by atoms with E-state index in [1.807, 2.05) is 29.6 Å². The third kappa shape index (κ3) is 3.96. The molecule has 4 rings (SSSR count). The fourth-order valence-electron chi connectivity index (χ4n) is 2.36. The number of fused-ring (bicyclic) bond motifs is 1. The van der Waals surface area contributed by atoms with Gasteiger partial charge in [0.25, 0.3) is 5.19 Å². The van der Waals surface area contributed by atoms with Gasteiger partial charge in [-0.2, -0.15) is 9.36 Å². The van der Waals surface area contributed by atoms with Crippen molar-refractivity contribution in [3.63, 3.8) is 0 Å². The van der Waals surface area contributed by atoms with Gasteiger partial charge >= 0.3 is 0 Å². The Morgan fingerprint density at radius 1 is 1.19 bits per heavy atom. The fourth-order valence-corrected chi connectivity index (χ4v) is 4.44. The topological polar surface area (TPSA) is 72.8 Å². The monoisotopic (exact) mass is 467 g/mol. The molecule has 0 fully saturated rings. The van der Waals surface area contributed by atoms with E-state index in [9.17, 15) is 0 Å². The Hall–Kier alpha value is -1.81. The molecule has 0 aliphatic carbocycles. The molecule has 0 amide bonds. The molecule has 0 aliphatic heterocycles. The van der Waals surface area contributed by atoms with E-state index in [4.69, 9.17) is 16.3 Å². The predicted octanol–water partition coefficient (Wildman–Crippen LogP) is 5.41. The summed E-state index contributed by atoms with van der Waals surface area (Å²) >= 11 is 12.1. The second-order valence-electron chi connectivity index (χ2n) is 5.24. The number of ether oxygens (including phenoxy) is 1. The Morgan fingerprint density at radius 2 is 2.04 bits per heavy atom. The van der Waals surface area contributed by atoms with Gasteiger partial charge in [0.05, 0.1) is 10.4 Å². The highest BCUT2D eigenvalue weighted by Crippen LogP contribution is 2.32. The molecule has 0 unspecified atom stereocenters. The Kier molecular flexibility index (Phi) is 5.30. The Morgan fingerprint density at radius 3 is 2.81 bits per heavy atom. The van der Waals surface area contributed by atoms with Crippen molar-refractivity contribution in [1.82, 2.24) is 19.3 Å². The van der Waals surface area contributed by atoms with Crippen LogP contribution in [0.3, 0.4) is 0 Å². The van der Waals surface area contributed by atoms with Crippen LogP contribution in [0.5, 0.6) is 10.9 Å². The van der Waals surface area contributed by atoms with Gasteiger partial charge in [-0.1, -0.05) is 23.7 Å². The Labute approximate surface area is 170 Å². The summed E-state index contributed by atoms with van der Waals surface area (Å²) in [7, 11) is 0. The molecule has 0 saturated heterocycles. The highest BCUT2D eigenvalue weighted by atomic mass is 79.9. The van der Waals surface area contributed by atoms with Crippen molar-refractivity contribution in [2.24, 2.45) is 0 Å². The number of hydrogen-bond acceptors (Lipinski definition) is 8. The van der Waals surface area contributed by atoms with Crippen molar-refractivity contribution in [3.8, 4) is 10.9 Å². The van der Waals surface area contributed by atoms with E-state index in [1.165, 1.54) is 28.4 Å². The summed E-state index contributed by atoms with van der Waals surface area (Å²) < 4.78 is 10.2. The zero-order valence-corrected chi connectivity index (χ0v) is 17.1. The third-order valence-corrected chi connectivity index (χ3v) is 6.04. The normalized spacial score (nSPS) is 11.0. The average Bonchev–Trinajstić information content (AvgIpc) is 3.23. The number of nitrogens with one attached hydrogen (secondary N) is 1. The summed E-state index contributed by atoms with van der Waals surface area (Å²) in [5.74, 6) is 1.50. The molecule has 26 heavy (non-hydrogen) atoms. The third-order valence-electron chi connectivity index (χ3n) is 3.54. The first-order chi connectivity index (χ1) is 12.7. The highest BCUT2D eigenvalue weighted by Gasteiger charge is 2.09. The SMILES string of the molecule is Clc1csc2ncnc(NCCc3ccc(Oc4nc(Br)ns4)cc3)c12. The van der Waals surface area contributed by atoms with Crippen LogP contribution in [0.15, 0.2) is 40.7 Å². The second kappa shape index (κ2) is 7.83. The van der Waals surface area contributed by atoms with E-state index >= 15 is 0 Å². The molecular weight excluding hydrogens is 458 g/mol. The molecule has 1 aromatic carbocycles. The summed E-state index contributed by atoms with van der Waals surface area (Å²) in [6.45, 7) is 0.738. The van der Waals surface area contributed by atoms with Crippen molar-refractivity contribution >= 4 is 66.4 Å². The van der Waals surface area contributed by atoms with E-state index < -0.39 is 0 Å². The van der Waals surface area contributed by atoms with E-state index in [1.54, 1.807) is 6.33 Å². The largest absolute Gasteiger partial charge is 0.430 e. The lowest BCUT2D eigenvalue weighted by molar-refractivity contribution is 0.478.